The van der Waals surface area contributed by atoms with Crippen LogP contribution in [0.2, 0.25) is 0 Å². The second-order valence-electron chi connectivity index (χ2n) is 3.66. The Bertz CT molecular complexity index is 375. The number of carboxylic acid groups (broad SMARTS) is 1. The molecule has 0 spiro atoms. The third-order valence-corrected chi connectivity index (χ3v) is 2.55. The number of hydrogen-bond donors (Lipinski definition) is 2. The maximum Gasteiger partial charge on any atom is 0.338 e. The first-order valence-corrected chi connectivity index (χ1v) is 5.37. The van der Waals surface area contributed by atoms with Crippen molar-refractivity contribution in [2.24, 2.45) is 0 Å². The van der Waals surface area contributed by atoms with Gasteiger partial charge in [-0.2, -0.15) is 0 Å². The largest absolute Gasteiger partial charge is 0.478 e. The van der Waals surface area contributed by atoms with Crippen LogP contribution in [0, 0.1) is 5.82 Å². The highest BCUT2D eigenvalue weighted by Gasteiger charge is 2.11. The highest BCUT2D eigenvalue weighted by Crippen LogP contribution is 2.17. The van der Waals surface area contributed by atoms with Crippen LogP contribution in [0.3, 0.4) is 0 Å². The van der Waals surface area contributed by atoms with Gasteiger partial charge in [-0.3, -0.25) is 0 Å². The number of rotatable bonds is 5. The Morgan fingerprint density at radius 1 is 1.44 bits per heavy atom. The third kappa shape index (κ3) is 2.95. The van der Waals surface area contributed by atoms with Crippen LogP contribution in [0.5, 0.6) is 0 Å². The summed E-state index contributed by atoms with van der Waals surface area (Å²) in [5.41, 5.74) is 0.350. The summed E-state index contributed by atoms with van der Waals surface area (Å²) in [7, 11) is 0. The van der Waals surface area contributed by atoms with Gasteiger partial charge in [-0.25, -0.2) is 9.18 Å². The number of hydrogen-bond acceptors (Lipinski definition) is 2. The fraction of sp³-hybridized carbons (Fsp3) is 0.417. The van der Waals surface area contributed by atoms with Gasteiger partial charge in [0, 0.05) is 11.7 Å². The molecule has 1 rings (SSSR count). The molecule has 0 aliphatic rings. The van der Waals surface area contributed by atoms with Crippen molar-refractivity contribution < 1.29 is 14.3 Å². The lowest BCUT2D eigenvalue weighted by atomic mass is 10.1. The topological polar surface area (TPSA) is 49.3 Å². The van der Waals surface area contributed by atoms with E-state index in [0.717, 1.165) is 12.8 Å². The molecule has 0 aromatic heterocycles. The summed E-state index contributed by atoms with van der Waals surface area (Å²) >= 11 is 0. The van der Waals surface area contributed by atoms with E-state index in [0.29, 0.717) is 5.69 Å². The average Bonchev–Trinajstić information content (AvgIpc) is 2.27. The summed E-state index contributed by atoms with van der Waals surface area (Å²) in [5, 5.41) is 11.9. The van der Waals surface area contributed by atoms with Gasteiger partial charge in [0.05, 0.1) is 5.56 Å². The van der Waals surface area contributed by atoms with Gasteiger partial charge in [-0.15, -0.1) is 0 Å². The Labute approximate surface area is 94.3 Å². The SMILES string of the molecule is CCC(CC)Nc1ccc(F)c(C(=O)O)c1. The van der Waals surface area contributed by atoms with E-state index in [-0.39, 0.29) is 11.6 Å². The van der Waals surface area contributed by atoms with E-state index in [4.69, 9.17) is 5.11 Å². The van der Waals surface area contributed by atoms with Crippen LogP contribution in [-0.4, -0.2) is 17.1 Å². The van der Waals surface area contributed by atoms with Crippen LogP contribution >= 0.6 is 0 Å². The number of nitrogens with one attached hydrogen (secondary N) is 1. The minimum atomic E-state index is -1.24. The van der Waals surface area contributed by atoms with Crippen LogP contribution in [0.15, 0.2) is 18.2 Å². The van der Waals surface area contributed by atoms with E-state index < -0.39 is 11.8 Å². The molecule has 1 aromatic carbocycles. The molecule has 4 heteroatoms. The Hall–Kier alpha value is -1.58. The zero-order valence-corrected chi connectivity index (χ0v) is 9.46. The molecule has 0 unspecified atom stereocenters. The van der Waals surface area contributed by atoms with E-state index >= 15 is 0 Å². The molecule has 0 radical (unpaired) electrons. The van der Waals surface area contributed by atoms with Gasteiger partial charge in [0.25, 0.3) is 0 Å². The maximum atomic E-state index is 13.1. The van der Waals surface area contributed by atoms with Gasteiger partial charge in [0.15, 0.2) is 0 Å². The first-order valence-electron chi connectivity index (χ1n) is 5.37. The number of anilines is 1. The van der Waals surface area contributed by atoms with Gasteiger partial charge in [-0.1, -0.05) is 13.8 Å². The Balaban J connectivity index is 2.90. The zero-order valence-electron chi connectivity index (χ0n) is 9.46. The first-order chi connectivity index (χ1) is 7.58. The fourth-order valence-electron chi connectivity index (χ4n) is 1.51. The zero-order chi connectivity index (χ0) is 12.1. The van der Waals surface area contributed by atoms with Crippen LogP contribution in [0.4, 0.5) is 10.1 Å². The number of benzene rings is 1. The Morgan fingerprint density at radius 2 is 2.06 bits per heavy atom. The average molecular weight is 225 g/mol. The van der Waals surface area contributed by atoms with Gasteiger partial charge in [0.1, 0.15) is 5.82 Å². The van der Waals surface area contributed by atoms with Gasteiger partial charge < -0.3 is 10.4 Å². The second kappa shape index (κ2) is 5.49. The summed E-state index contributed by atoms with van der Waals surface area (Å²) in [6.07, 6.45) is 1.88. The van der Waals surface area contributed by atoms with Crippen molar-refractivity contribution in [2.75, 3.05) is 5.32 Å². The molecule has 88 valence electrons. The molecule has 0 saturated heterocycles. The van der Waals surface area contributed by atoms with E-state index in [2.05, 4.69) is 5.32 Å². The summed E-state index contributed by atoms with van der Waals surface area (Å²) in [6, 6.07) is 4.34. The van der Waals surface area contributed by atoms with Gasteiger partial charge >= 0.3 is 5.97 Å². The number of halogens is 1. The van der Waals surface area contributed by atoms with Crippen molar-refractivity contribution in [3.63, 3.8) is 0 Å². The molecular formula is C12H16FNO2. The molecule has 3 nitrogen and oxygen atoms in total. The Kier molecular flexibility index (Phi) is 4.28. The maximum absolute atomic E-state index is 13.1. The quantitative estimate of drug-likeness (QED) is 0.809. The van der Waals surface area contributed by atoms with Crippen molar-refractivity contribution in [1.82, 2.24) is 0 Å². The van der Waals surface area contributed by atoms with Crippen LogP contribution in [-0.2, 0) is 0 Å². The first kappa shape index (κ1) is 12.5. The van der Waals surface area contributed by atoms with E-state index in [1.54, 1.807) is 6.07 Å². The van der Waals surface area contributed by atoms with E-state index in [1.165, 1.54) is 12.1 Å². The van der Waals surface area contributed by atoms with Crippen molar-refractivity contribution in [3.05, 3.63) is 29.6 Å². The molecule has 0 fully saturated rings. The molecule has 0 saturated carbocycles. The van der Waals surface area contributed by atoms with Crippen molar-refractivity contribution in [2.45, 2.75) is 32.7 Å². The third-order valence-electron chi connectivity index (χ3n) is 2.55. The number of aromatic carboxylic acids is 1. The highest BCUT2D eigenvalue weighted by atomic mass is 19.1. The molecule has 0 aliphatic carbocycles. The lowest BCUT2D eigenvalue weighted by molar-refractivity contribution is 0.0692. The minimum absolute atomic E-state index is 0.284. The standard InChI is InChI=1S/C12H16FNO2/c1-3-8(4-2)14-9-5-6-11(13)10(7-9)12(15)16/h5-8,14H,3-4H2,1-2H3,(H,15,16). The Morgan fingerprint density at radius 3 is 2.56 bits per heavy atom. The van der Waals surface area contributed by atoms with Gasteiger partial charge in [0.2, 0.25) is 0 Å². The molecule has 2 N–H and O–H groups in total. The van der Waals surface area contributed by atoms with Crippen LogP contribution < -0.4 is 5.32 Å². The summed E-state index contributed by atoms with van der Waals surface area (Å²) in [5.74, 6) is -1.95. The summed E-state index contributed by atoms with van der Waals surface area (Å²) in [6.45, 7) is 4.09. The van der Waals surface area contributed by atoms with Crippen molar-refractivity contribution in [1.29, 1.82) is 0 Å². The summed E-state index contributed by atoms with van der Waals surface area (Å²) < 4.78 is 13.1. The molecule has 0 heterocycles. The van der Waals surface area contributed by atoms with Gasteiger partial charge in [-0.05, 0) is 31.0 Å². The second-order valence-corrected chi connectivity index (χ2v) is 3.66. The van der Waals surface area contributed by atoms with Crippen LogP contribution in [0.25, 0.3) is 0 Å². The number of carboxylic acids is 1. The summed E-state index contributed by atoms with van der Waals surface area (Å²) in [4.78, 5) is 10.7. The predicted octanol–water partition coefficient (Wildman–Crippen LogP) is 3.12. The lowest BCUT2D eigenvalue weighted by Crippen LogP contribution is -2.17. The fourth-order valence-corrected chi connectivity index (χ4v) is 1.51. The molecule has 1 aromatic rings. The highest BCUT2D eigenvalue weighted by molar-refractivity contribution is 5.89. The normalized spacial score (nSPS) is 10.5. The van der Waals surface area contributed by atoms with E-state index in [1.807, 2.05) is 13.8 Å². The number of carbonyl (C=O) groups is 1. The van der Waals surface area contributed by atoms with Crippen LogP contribution in [0.1, 0.15) is 37.0 Å². The molecule has 0 bridgehead atoms. The van der Waals surface area contributed by atoms with Crippen molar-refractivity contribution in [3.8, 4) is 0 Å². The lowest BCUT2D eigenvalue weighted by Gasteiger charge is -2.16. The molecule has 0 atom stereocenters. The monoisotopic (exact) mass is 225 g/mol. The molecular weight excluding hydrogens is 209 g/mol. The predicted molar refractivity (Wildman–Crippen MR) is 61.4 cm³/mol. The minimum Gasteiger partial charge on any atom is -0.478 e. The molecule has 0 aliphatic heterocycles. The molecule has 16 heavy (non-hydrogen) atoms. The van der Waals surface area contributed by atoms with Crippen molar-refractivity contribution >= 4 is 11.7 Å². The molecule has 0 amide bonds. The smallest absolute Gasteiger partial charge is 0.338 e. The van der Waals surface area contributed by atoms with E-state index in [9.17, 15) is 9.18 Å².